The molecule has 22 heavy (non-hydrogen) atoms. The predicted octanol–water partition coefficient (Wildman–Crippen LogP) is 2.82. The lowest BCUT2D eigenvalue weighted by Gasteiger charge is -2.04. The summed E-state index contributed by atoms with van der Waals surface area (Å²) in [6, 6.07) is 9.50. The first-order valence-corrected chi connectivity index (χ1v) is 7.61. The Morgan fingerprint density at radius 3 is 2.86 bits per heavy atom. The van der Waals surface area contributed by atoms with E-state index in [1.807, 2.05) is 37.4 Å². The number of carbonyl (C=O) groups excluding carboxylic acids is 2. The fraction of sp³-hybridized carbons (Fsp3) is 0.125. The van der Waals surface area contributed by atoms with E-state index < -0.39 is 5.91 Å². The van der Waals surface area contributed by atoms with E-state index >= 15 is 0 Å². The number of anilines is 1. The zero-order chi connectivity index (χ0) is 15.7. The van der Waals surface area contributed by atoms with Gasteiger partial charge in [0, 0.05) is 22.0 Å². The molecule has 2 aromatic heterocycles. The fourth-order valence-electron chi connectivity index (χ4n) is 2.41. The van der Waals surface area contributed by atoms with E-state index in [0.29, 0.717) is 10.6 Å². The largest absolute Gasteiger partial charge is 0.366 e. The minimum atomic E-state index is -0.535. The number of fused-ring (bicyclic) bond motifs is 1. The van der Waals surface area contributed by atoms with Gasteiger partial charge in [0.15, 0.2) is 0 Å². The van der Waals surface area contributed by atoms with Gasteiger partial charge >= 0.3 is 0 Å². The highest BCUT2D eigenvalue weighted by Crippen LogP contribution is 2.27. The number of para-hydroxylation sites is 1. The molecule has 4 N–H and O–H groups in total. The molecule has 0 bridgehead atoms. The van der Waals surface area contributed by atoms with Gasteiger partial charge in [-0.3, -0.25) is 9.59 Å². The Kier molecular flexibility index (Phi) is 3.68. The van der Waals surface area contributed by atoms with Crippen LogP contribution in [-0.2, 0) is 11.2 Å². The number of thiophene rings is 1. The third kappa shape index (κ3) is 2.73. The van der Waals surface area contributed by atoms with E-state index in [1.165, 1.54) is 11.3 Å². The molecular formula is C16H15N3O2S. The Morgan fingerprint density at radius 1 is 1.32 bits per heavy atom. The summed E-state index contributed by atoms with van der Waals surface area (Å²) in [5, 5.41) is 4.31. The van der Waals surface area contributed by atoms with E-state index in [-0.39, 0.29) is 12.3 Å². The quantitative estimate of drug-likeness (QED) is 0.691. The van der Waals surface area contributed by atoms with Gasteiger partial charge in [-0.25, -0.2) is 0 Å². The van der Waals surface area contributed by atoms with Gasteiger partial charge in [0.2, 0.25) is 5.91 Å². The smallest absolute Gasteiger partial charge is 0.251 e. The van der Waals surface area contributed by atoms with Crippen LogP contribution >= 0.6 is 11.3 Å². The van der Waals surface area contributed by atoms with Crippen LogP contribution in [0.2, 0.25) is 0 Å². The highest BCUT2D eigenvalue weighted by atomic mass is 32.1. The highest BCUT2D eigenvalue weighted by Gasteiger charge is 2.15. The number of amides is 2. The molecule has 1 aromatic carbocycles. The number of carbonyl (C=O) groups is 2. The molecular weight excluding hydrogens is 298 g/mol. The van der Waals surface area contributed by atoms with Gasteiger partial charge in [0.1, 0.15) is 5.00 Å². The molecule has 0 aliphatic heterocycles. The average molecular weight is 313 g/mol. The zero-order valence-corrected chi connectivity index (χ0v) is 12.8. The average Bonchev–Trinajstić information content (AvgIpc) is 3.03. The lowest BCUT2D eigenvalue weighted by molar-refractivity contribution is -0.115. The van der Waals surface area contributed by atoms with Crippen molar-refractivity contribution in [1.82, 2.24) is 4.98 Å². The van der Waals surface area contributed by atoms with E-state index in [4.69, 9.17) is 5.73 Å². The number of nitrogens with two attached hydrogens (primary N) is 1. The number of primary amides is 1. The van der Waals surface area contributed by atoms with Crippen molar-refractivity contribution in [3.05, 3.63) is 52.5 Å². The lowest BCUT2D eigenvalue weighted by Crippen LogP contribution is -2.17. The first-order valence-electron chi connectivity index (χ1n) is 6.79. The molecule has 6 heteroatoms. The summed E-state index contributed by atoms with van der Waals surface area (Å²) in [5.74, 6) is -0.708. The molecule has 0 saturated heterocycles. The first kappa shape index (κ1) is 14.3. The summed E-state index contributed by atoms with van der Waals surface area (Å²) < 4.78 is 0. The van der Waals surface area contributed by atoms with E-state index in [0.717, 1.165) is 21.3 Å². The van der Waals surface area contributed by atoms with Gasteiger partial charge in [-0.1, -0.05) is 18.2 Å². The maximum atomic E-state index is 12.2. The number of aromatic amines is 1. The van der Waals surface area contributed by atoms with Crippen molar-refractivity contribution in [2.75, 3.05) is 5.32 Å². The number of hydrogen-bond donors (Lipinski definition) is 3. The van der Waals surface area contributed by atoms with Crippen LogP contribution < -0.4 is 11.1 Å². The second-order valence-electron chi connectivity index (χ2n) is 5.05. The number of aromatic nitrogens is 1. The number of aryl methyl sites for hydroxylation is 1. The molecule has 2 amide bonds. The number of rotatable bonds is 4. The van der Waals surface area contributed by atoms with Gasteiger partial charge in [-0.15, -0.1) is 11.3 Å². The van der Waals surface area contributed by atoms with Crippen LogP contribution in [0.25, 0.3) is 10.9 Å². The second-order valence-corrected chi connectivity index (χ2v) is 6.30. The minimum Gasteiger partial charge on any atom is -0.366 e. The van der Waals surface area contributed by atoms with Crippen LogP contribution in [0.1, 0.15) is 20.8 Å². The minimum absolute atomic E-state index is 0.172. The summed E-state index contributed by atoms with van der Waals surface area (Å²) in [5.41, 5.74) is 7.60. The summed E-state index contributed by atoms with van der Waals surface area (Å²) >= 11 is 1.35. The van der Waals surface area contributed by atoms with Crippen molar-refractivity contribution < 1.29 is 9.59 Å². The number of H-pyrrole nitrogens is 1. The normalized spacial score (nSPS) is 10.8. The van der Waals surface area contributed by atoms with E-state index in [2.05, 4.69) is 10.3 Å². The van der Waals surface area contributed by atoms with Crippen LogP contribution in [0.4, 0.5) is 5.00 Å². The molecule has 0 atom stereocenters. The van der Waals surface area contributed by atoms with Crippen LogP contribution in [0.3, 0.4) is 0 Å². The maximum absolute atomic E-state index is 12.2. The topological polar surface area (TPSA) is 88.0 Å². The second kappa shape index (κ2) is 5.65. The van der Waals surface area contributed by atoms with Crippen LogP contribution in [0.5, 0.6) is 0 Å². The molecule has 0 fully saturated rings. The third-order valence-electron chi connectivity index (χ3n) is 3.40. The molecule has 0 aliphatic carbocycles. The summed E-state index contributed by atoms with van der Waals surface area (Å²) in [6.07, 6.45) is 2.07. The van der Waals surface area contributed by atoms with Gasteiger partial charge < -0.3 is 16.0 Å². The van der Waals surface area contributed by atoms with E-state index in [1.54, 1.807) is 6.07 Å². The monoisotopic (exact) mass is 313 g/mol. The molecule has 0 saturated carbocycles. The van der Waals surface area contributed by atoms with Gasteiger partial charge in [0.25, 0.3) is 5.91 Å². The number of benzene rings is 1. The highest BCUT2D eigenvalue weighted by molar-refractivity contribution is 7.16. The van der Waals surface area contributed by atoms with Crippen molar-refractivity contribution >= 4 is 39.1 Å². The van der Waals surface area contributed by atoms with Gasteiger partial charge in [-0.2, -0.15) is 0 Å². The summed E-state index contributed by atoms with van der Waals surface area (Å²) in [7, 11) is 0. The molecule has 0 spiro atoms. The SMILES string of the molecule is Cc1cc(C(N)=O)c(NC(=O)Cc2c[nH]c3ccccc23)s1. The Bertz CT molecular complexity index is 863. The van der Waals surface area contributed by atoms with Crippen molar-refractivity contribution in [3.8, 4) is 0 Å². The maximum Gasteiger partial charge on any atom is 0.251 e. The lowest BCUT2D eigenvalue weighted by atomic mass is 10.1. The fourth-order valence-corrected chi connectivity index (χ4v) is 3.34. The molecule has 2 heterocycles. The van der Waals surface area contributed by atoms with Crippen LogP contribution in [-0.4, -0.2) is 16.8 Å². The summed E-state index contributed by atoms with van der Waals surface area (Å²) in [4.78, 5) is 27.7. The standard InChI is InChI=1S/C16H15N3O2S/c1-9-6-12(15(17)21)16(22-9)19-14(20)7-10-8-18-13-5-3-2-4-11(10)13/h2-6,8,18H,7H2,1H3,(H2,17,21)(H,19,20). The number of nitrogens with one attached hydrogen (secondary N) is 2. The van der Waals surface area contributed by atoms with Gasteiger partial charge in [-0.05, 0) is 24.6 Å². The van der Waals surface area contributed by atoms with Crippen molar-refractivity contribution in [2.45, 2.75) is 13.3 Å². The van der Waals surface area contributed by atoms with E-state index in [9.17, 15) is 9.59 Å². The molecule has 5 nitrogen and oxygen atoms in total. The van der Waals surface area contributed by atoms with Crippen molar-refractivity contribution in [1.29, 1.82) is 0 Å². The van der Waals surface area contributed by atoms with Crippen LogP contribution in [0.15, 0.2) is 36.5 Å². The Labute approximate surface area is 131 Å². The Balaban J connectivity index is 1.80. The molecule has 3 aromatic rings. The predicted molar refractivity (Wildman–Crippen MR) is 88.2 cm³/mol. The zero-order valence-electron chi connectivity index (χ0n) is 12.0. The van der Waals surface area contributed by atoms with Gasteiger partial charge in [0.05, 0.1) is 12.0 Å². The molecule has 0 unspecified atom stereocenters. The molecule has 0 radical (unpaired) electrons. The summed E-state index contributed by atoms with van der Waals surface area (Å²) in [6.45, 7) is 1.87. The van der Waals surface area contributed by atoms with Crippen molar-refractivity contribution in [3.63, 3.8) is 0 Å². The van der Waals surface area contributed by atoms with Crippen LogP contribution in [0, 0.1) is 6.92 Å². The first-order chi connectivity index (χ1) is 10.5. The Morgan fingerprint density at radius 2 is 2.09 bits per heavy atom. The third-order valence-corrected chi connectivity index (χ3v) is 4.37. The molecule has 0 aliphatic rings. The molecule has 3 rings (SSSR count). The van der Waals surface area contributed by atoms with Crippen molar-refractivity contribution in [2.24, 2.45) is 5.73 Å². The molecule has 112 valence electrons. The number of hydrogen-bond acceptors (Lipinski definition) is 3. The Hall–Kier alpha value is -2.60.